The molecule has 0 bridgehead atoms. The molecule has 2 aliphatic heterocycles. The van der Waals surface area contributed by atoms with Crippen molar-refractivity contribution in [3.05, 3.63) is 41.6 Å². The Kier molecular flexibility index (Phi) is 7.91. The predicted octanol–water partition coefficient (Wildman–Crippen LogP) is 5.44. The van der Waals surface area contributed by atoms with Crippen molar-refractivity contribution < 1.29 is 9.21 Å². The Morgan fingerprint density at radius 3 is 2.71 bits per heavy atom. The van der Waals surface area contributed by atoms with Crippen LogP contribution in [-0.4, -0.2) is 64.4 Å². The van der Waals surface area contributed by atoms with Gasteiger partial charge in [0.25, 0.3) is 0 Å². The monoisotopic (exact) mass is 493 g/mol. The highest BCUT2D eigenvalue weighted by atomic mass is 32.1. The van der Waals surface area contributed by atoms with Gasteiger partial charge in [-0.05, 0) is 89.5 Å². The minimum absolute atomic E-state index is 0.0211. The van der Waals surface area contributed by atoms with E-state index in [0.29, 0.717) is 24.0 Å². The maximum Gasteiger partial charge on any atom is 0.238 e. The zero-order valence-electron chi connectivity index (χ0n) is 20.5. The maximum atomic E-state index is 13.2. The minimum atomic E-state index is 0.0211. The summed E-state index contributed by atoms with van der Waals surface area (Å²) in [5.41, 5.74) is 2.15. The average Bonchev–Trinajstić information content (AvgIpc) is 3.56. The van der Waals surface area contributed by atoms with E-state index in [4.69, 9.17) is 9.40 Å². The SMILES string of the molecule is Cc1ccc(-c2cc(NC(=O)CN3CCCCC3CCN3CCCCC3)cc(-c3nccs3)n2)o1. The summed E-state index contributed by atoms with van der Waals surface area (Å²) in [6, 6.07) is 8.11. The number of nitrogens with one attached hydrogen (secondary N) is 1. The van der Waals surface area contributed by atoms with E-state index in [9.17, 15) is 4.79 Å². The summed E-state index contributed by atoms with van der Waals surface area (Å²) in [7, 11) is 0. The molecule has 8 heteroatoms. The van der Waals surface area contributed by atoms with Crippen molar-refractivity contribution in [2.24, 2.45) is 0 Å². The van der Waals surface area contributed by atoms with E-state index in [2.05, 4.69) is 20.1 Å². The first-order valence-corrected chi connectivity index (χ1v) is 13.8. The van der Waals surface area contributed by atoms with E-state index in [-0.39, 0.29) is 5.91 Å². The Labute approximate surface area is 211 Å². The van der Waals surface area contributed by atoms with Gasteiger partial charge in [-0.25, -0.2) is 9.97 Å². The molecule has 186 valence electrons. The summed E-state index contributed by atoms with van der Waals surface area (Å²) in [4.78, 5) is 27.3. The standard InChI is InChI=1S/C27H35N5O2S/c1-20-8-9-25(34-20)23-17-21(18-24(30-23)27-28-11-16-35-27)29-26(33)19-32-14-6-3-7-22(32)10-15-31-12-4-2-5-13-31/h8-9,11,16-18,22H,2-7,10,12-15,19H2,1H3,(H,29,30,33). The Morgan fingerprint density at radius 1 is 1.11 bits per heavy atom. The van der Waals surface area contributed by atoms with E-state index >= 15 is 0 Å². The number of likely N-dealkylation sites (tertiary alicyclic amines) is 2. The second kappa shape index (κ2) is 11.5. The summed E-state index contributed by atoms with van der Waals surface area (Å²) in [6.07, 6.45) is 10.5. The second-order valence-corrected chi connectivity index (χ2v) is 10.6. The van der Waals surface area contributed by atoms with Gasteiger partial charge < -0.3 is 14.6 Å². The number of nitrogens with zero attached hydrogens (tertiary/aromatic N) is 4. The summed E-state index contributed by atoms with van der Waals surface area (Å²) in [6.45, 7) is 6.94. The van der Waals surface area contributed by atoms with E-state index in [1.807, 2.05) is 36.6 Å². The molecule has 1 atom stereocenters. The van der Waals surface area contributed by atoms with E-state index < -0.39 is 0 Å². The van der Waals surface area contributed by atoms with Gasteiger partial charge in [0.15, 0.2) is 5.76 Å². The molecule has 5 heterocycles. The summed E-state index contributed by atoms with van der Waals surface area (Å²) in [5, 5.41) is 5.89. The van der Waals surface area contributed by atoms with Gasteiger partial charge >= 0.3 is 0 Å². The highest BCUT2D eigenvalue weighted by molar-refractivity contribution is 7.13. The number of carbonyl (C=O) groups is 1. The molecule has 1 unspecified atom stereocenters. The van der Waals surface area contributed by atoms with Gasteiger partial charge in [0, 0.05) is 23.3 Å². The summed E-state index contributed by atoms with van der Waals surface area (Å²) < 4.78 is 5.81. The molecule has 3 aromatic heterocycles. The molecule has 3 aromatic rings. The zero-order chi connectivity index (χ0) is 24.0. The Morgan fingerprint density at radius 2 is 1.94 bits per heavy atom. The minimum Gasteiger partial charge on any atom is -0.460 e. The fourth-order valence-corrected chi connectivity index (χ4v) is 5.85. The number of aryl methyl sites for hydroxylation is 1. The molecular weight excluding hydrogens is 458 g/mol. The molecular formula is C27H35N5O2S. The summed E-state index contributed by atoms with van der Waals surface area (Å²) >= 11 is 1.53. The number of piperidine rings is 2. The van der Waals surface area contributed by atoms with Crippen LogP contribution in [0.25, 0.3) is 22.2 Å². The molecule has 0 aromatic carbocycles. The lowest BCUT2D eigenvalue weighted by molar-refractivity contribution is -0.118. The summed E-state index contributed by atoms with van der Waals surface area (Å²) in [5.74, 6) is 1.53. The number of hydrogen-bond donors (Lipinski definition) is 1. The predicted molar refractivity (Wildman–Crippen MR) is 141 cm³/mol. The van der Waals surface area contributed by atoms with Crippen LogP contribution in [0.1, 0.15) is 50.7 Å². The number of rotatable bonds is 8. The first kappa shape index (κ1) is 24.2. The van der Waals surface area contributed by atoms with E-state index in [1.54, 1.807) is 6.20 Å². The molecule has 0 aliphatic carbocycles. The van der Waals surface area contributed by atoms with Crippen LogP contribution >= 0.6 is 11.3 Å². The highest BCUT2D eigenvalue weighted by Gasteiger charge is 2.25. The lowest BCUT2D eigenvalue weighted by atomic mass is 9.98. The first-order chi connectivity index (χ1) is 17.1. The van der Waals surface area contributed by atoms with Crippen molar-refractivity contribution >= 4 is 22.9 Å². The van der Waals surface area contributed by atoms with Crippen molar-refractivity contribution in [2.45, 2.75) is 57.9 Å². The van der Waals surface area contributed by atoms with Gasteiger partial charge in [0.1, 0.15) is 22.2 Å². The Hall–Kier alpha value is -2.55. The smallest absolute Gasteiger partial charge is 0.238 e. The van der Waals surface area contributed by atoms with Crippen molar-refractivity contribution in [1.82, 2.24) is 19.8 Å². The number of thiazole rings is 1. The van der Waals surface area contributed by atoms with E-state index in [0.717, 1.165) is 41.7 Å². The third-order valence-electron chi connectivity index (χ3n) is 7.08. The van der Waals surface area contributed by atoms with Crippen molar-refractivity contribution in [3.63, 3.8) is 0 Å². The molecule has 2 fully saturated rings. The lowest BCUT2D eigenvalue weighted by Crippen LogP contribution is -2.45. The molecule has 1 amide bonds. The average molecular weight is 494 g/mol. The van der Waals surface area contributed by atoms with E-state index in [1.165, 1.54) is 63.0 Å². The number of pyridine rings is 1. The third kappa shape index (κ3) is 6.37. The van der Waals surface area contributed by atoms with Crippen LogP contribution in [0.5, 0.6) is 0 Å². The Bertz CT molecular complexity index is 1110. The normalized spacial score (nSPS) is 19.6. The molecule has 2 aliphatic rings. The fourth-order valence-electron chi connectivity index (χ4n) is 5.26. The van der Waals surface area contributed by atoms with Crippen LogP contribution in [-0.2, 0) is 4.79 Å². The molecule has 35 heavy (non-hydrogen) atoms. The van der Waals surface area contributed by atoms with Crippen LogP contribution in [0.3, 0.4) is 0 Å². The van der Waals surface area contributed by atoms with Gasteiger partial charge in [0.05, 0.1) is 6.54 Å². The number of furan rings is 1. The zero-order valence-corrected chi connectivity index (χ0v) is 21.4. The number of anilines is 1. The van der Waals surface area contributed by atoms with Crippen molar-refractivity contribution in [2.75, 3.05) is 38.0 Å². The molecule has 5 rings (SSSR count). The Balaban J connectivity index is 1.27. The van der Waals surface area contributed by atoms with Crippen LogP contribution in [0.15, 0.2) is 40.3 Å². The number of amides is 1. The van der Waals surface area contributed by atoms with Crippen LogP contribution < -0.4 is 5.32 Å². The number of hydrogen-bond acceptors (Lipinski definition) is 7. The second-order valence-electron chi connectivity index (χ2n) is 9.73. The first-order valence-electron chi connectivity index (χ1n) is 12.9. The molecule has 1 N–H and O–H groups in total. The van der Waals surface area contributed by atoms with Crippen LogP contribution in [0.2, 0.25) is 0 Å². The largest absolute Gasteiger partial charge is 0.460 e. The molecule has 2 saturated heterocycles. The van der Waals surface area contributed by atoms with Gasteiger partial charge in [-0.2, -0.15) is 0 Å². The molecule has 7 nitrogen and oxygen atoms in total. The topological polar surface area (TPSA) is 74.5 Å². The van der Waals surface area contributed by atoms with Crippen molar-refractivity contribution in [1.29, 1.82) is 0 Å². The molecule has 0 spiro atoms. The van der Waals surface area contributed by atoms with Gasteiger partial charge in [-0.15, -0.1) is 11.3 Å². The quantitative estimate of drug-likeness (QED) is 0.450. The highest BCUT2D eigenvalue weighted by Crippen LogP contribution is 2.29. The maximum absolute atomic E-state index is 13.2. The lowest BCUT2D eigenvalue weighted by Gasteiger charge is -2.37. The third-order valence-corrected chi connectivity index (χ3v) is 7.87. The van der Waals surface area contributed by atoms with Crippen LogP contribution in [0, 0.1) is 6.92 Å². The van der Waals surface area contributed by atoms with Crippen LogP contribution in [0.4, 0.5) is 5.69 Å². The van der Waals surface area contributed by atoms with Gasteiger partial charge in [0.2, 0.25) is 5.91 Å². The fraction of sp³-hybridized carbons (Fsp3) is 0.519. The number of aromatic nitrogens is 2. The van der Waals surface area contributed by atoms with Crippen molar-refractivity contribution in [3.8, 4) is 22.2 Å². The van der Waals surface area contributed by atoms with Gasteiger partial charge in [-0.3, -0.25) is 9.69 Å². The molecule has 0 saturated carbocycles. The van der Waals surface area contributed by atoms with Gasteiger partial charge in [-0.1, -0.05) is 12.8 Å². The number of carbonyl (C=O) groups excluding carboxylic acids is 1. The molecule has 0 radical (unpaired) electrons.